The molecule has 0 aromatic carbocycles. The van der Waals surface area contributed by atoms with Crippen LogP contribution in [0.3, 0.4) is 0 Å². The molecule has 1 amide bonds. The third kappa shape index (κ3) is 3.34. The van der Waals surface area contributed by atoms with E-state index in [1.165, 1.54) is 6.20 Å². The van der Waals surface area contributed by atoms with Gasteiger partial charge in [0, 0.05) is 11.1 Å². The van der Waals surface area contributed by atoms with Crippen molar-refractivity contribution in [2.75, 3.05) is 5.43 Å². The summed E-state index contributed by atoms with van der Waals surface area (Å²) in [5.74, 6) is 5.96. The molecule has 1 atom stereocenters. The minimum absolute atomic E-state index is 0.00908. The molecule has 0 saturated carbocycles. The molecule has 20 heavy (non-hydrogen) atoms. The van der Waals surface area contributed by atoms with E-state index in [0.717, 1.165) is 4.88 Å². The van der Waals surface area contributed by atoms with Crippen LogP contribution in [0.2, 0.25) is 0 Å². The third-order valence-corrected chi connectivity index (χ3v) is 3.93. The van der Waals surface area contributed by atoms with Crippen LogP contribution in [0.15, 0.2) is 35.8 Å². The number of carbonyl (C=O) groups excluding carboxylic acids is 1. The first-order valence-corrected chi connectivity index (χ1v) is 7.26. The zero-order chi connectivity index (χ0) is 14.5. The Morgan fingerprint density at radius 1 is 1.35 bits per heavy atom. The number of pyridine rings is 1. The lowest BCUT2D eigenvalue weighted by atomic mass is 10.0. The number of nitrogens with zero attached hydrogens (tertiary/aromatic N) is 1. The van der Waals surface area contributed by atoms with E-state index in [1.54, 1.807) is 23.5 Å². The first kappa shape index (κ1) is 14.5. The zero-order valence-electron chi connectivity index (χ0n) is 11.5. The van der Waals surface area contributed by atoms with E-state index in [2.05, 4.69) is 29.6 Å². The predicted octanol–water partition coefficient (Wildman–Crippen LogP) is 2.56. The van der Waals surface area contributed by atoms with Crippen LogP contribution in [-0.4, -0.2) is 10.9 Å². The van der Waals surface area contributed by atoms with Gasteiger partial charge in [-0.3, -0.25) is 4.79 Å². The van der Waals surface area contributed by atoms with E-state index in [1.807, 2.05) is 17.5 Å². The van der Waals surface area contributed by atoms with Gasteiger partial charge in [-0.2, -0.15) is 0 Å². The highest BCUT2D eigenvalue weighted by Gasteiger charge is 2.20. The molecule has 0 bridgehead atoms. The van der Waals surface area contributed by atoms with Gasteiger partial charge in [0.05, 0.1) is 11.6 Å². The molecule has 2 heterocycles. The van der Waals surface area contributed by atoms with Crippen LogP contribution in [0.5, 0.6) is 0 Å². The lowest BCUT2D eigenvalue weighted by Crippen LogP contribution is -2.31. The number of amides is 1. The average Bonchev–Trinajstić information content (AvgIpc) is 2.98. The van der Waals surface area contributed by atoms with Crippen molar-refractivity contribution in [2.45, 2.75) is 19.9 Å². The predicted molar refractivity (Wildman–Crippen MR) is 81.4 cm³/mol. The van der Waals surface area contributed by atoms with Gasteiger partial charge in [-0.25, -0.2) is 10.8 Å². The Bertz CT molecular complexity index is 551. The second kappa shape index (κ2) is 6.49. The van der Waals surface area contributed by atoms with Gasteiger partial charge in [0.15, 0.2) is 0 Å². The van der Waals surface area contributed by atoms with Crippen molar-refractivity contribution in [2.24, 2.45) is 11.8 Å². The molecule has 0 aliphatic rings. The highest BCUT2D eigenvalue weighted by atomic mass is 32.1. The highest BCUT2D eigenvalue weighted by molar-refractivity contribution is 7.10. The Balaban J connectivity index is 2.12. The lowest BCUT2D eigenvalue weighted by molar-refractivity contribution is 0.0926. The van der Waals surface area contributed by atoms with Gasteiger partial charge >= 0.3 is 0 Å². The Kier molecular flexibility index (Phi) is 4.70. The number of nitrogen functional groups attached to an aromatic ring is 1. The monoisotopic (exact) mass is 290 g/mol. The number of hydrogen-bond donors (Lipinski definition) is 3. The molecule has 0 fully saturated rings. The molecule has 2 aromatic rings. The summed E-state index contributed by atoms with van der Waals surface area (Å²) in [5.41, 5.74) is 2.95. The van der Waals surface area contributed by atoms with Crippen molar-refractivity contribution in [3.8, 4) is 0 Å². The topological polar surface area (TPSA) is 80.0 Å². The van der Waals surface area contributed by atoms with Crippen molar-refractivity contribution in [1.29, 1.82) is 0 Å². The molecule has 5 nitrogen and oxygen atoms in total. The highest BCUT2D eigenvalue weighted by Crippen LogP contribution is 2.26. The number of hydrazine groups is 1. The van der Waals surface area contributed by atoms with Gasteiger partial charge in [0.1, 0.15) is 5.82 Å². The molecule has 2 aromatic heterocycles. The quantitative estimate of drug-likeness (QED) is 0.584. The van der Waals surface area contributed by atoms with Crippen molar-refractivity contribution in [1.82, 2.24) is 10.3 Å². The number of aromatic nitrogens is 1. The van der Waals surface area contributed by atoms with Crippen molar-refractivity contribution < 1.29 is 4.79 Å². The summed E-state index contributed by atoms with van der Waals surface area (Å²) in [6.07, 6.45) is 1.51. The number of nitrogens with one attached hydrogen (secondary N) is 2. The number of nitrogens with two attached hydrogens (primary N) is 1. The molecule has 6 heteroatoms. The van der Waals surface area contributed by atoms with Gasteiger partial charge in [0.2, 0.25) is 0 Å². The summed E-state index contributed by atoms with van der Waals surface area (Å²) in [5, 5.41) is 5.07. The number of anilines is 1. The fourth-order valence-corrected chi connectivity index (χ4v) is 2.82. The summed E-state index contributed by atoms with van der Waals surface area (Å²) >= 11 is 1.65. The largest absolute Gasteiger partial charge is 0.344 e. The van der Waals surface area contributed by atoms with E-state index in [0.29, 0.717) is 17.3 Å². The SMILES string of the molecule is CC(C)C(NC(=O)c1ccc(NN)nc1)c1cccs1. The van der Waals surface area contributed by atoms with Crippen LogP contribution in [-0.2, 0) is 0 Å². The minimum Gasteiger partial charge on any atom is -0.344 e. The molecule has 2 rings (SSSR count). The summed E-state index contributed by atoms with van der Waals surface area (Å²) in [6, 6.07) is 7.41. The van der Waals surface area contributed by atoms with E-state index >= 15 is 0 Å². The van der Waals surface area contributed by atoms with Crippen molar-refractivity contribution in [3.05, 3.63) is 46.3 Å². The maximum atomic E-state index is 12.3. The molecule has 0 aliphatic heterocycles. The van der Waals surface area contributed by atoms with Gasteiger partial charge < -0.3 is 10.7 Å². The first-order valence-electron chi connectivity index (χ1n) is 6.38. The van der Waals surface area contributed by atoms with Crippen LogP contribution in [0, 0.1) is 5.92 Å². The maximum absolute atomic E-state index is 12.3. The van der Waals surface area contributed by atoms with Gasteiger partial charge in [0.25, 0.3) is 5.91 Å². The number of thiophene rings is 1. The van der Waals surface area contributed by atoms with Gasteiger partial charge in [-0.05, 0) is 29.5 Å². The smallest absolute Gasteiger partial charge is 0.253 e. The minimum atomic E-state index is -0.131. The molecule has 0 radical (unpaired) electrons. The van der Waals surface area contributed by atoms with Crippen molar-refractivity contribution in [3.63, 3.8) is 0 Å². The Morgan fingerprint density at radius 3 is 2.65 bits per heavy atom. The van der Waals surface area contributed by atoms with Crippen LogP contribution in [0.4, 0.5) is 5.82 Å². The second-order valence-electron chi connectivity index (χ2n) is 4.79. The maximum Gasteiger partial charge on any atom is 0.253 e. The van der Waals surface area contributed by atoms with Gasteiger partial charge in [-0.15, -0.1) is 11.3 Å². The third-order valence-electron chi connectivity index (χ3n) is 2.98. The fourth-order valence-electron chi connectivity index (χ4n) is 1.87. The zero-order valence-corrected chi connectivity index (χ0v) is 12.3. The van der Waals surface area contributed by atoms with Crippen LogP contribution >= 0.6 is 11.3 Å². The normalized spacial score (nSPS) is 12.2. The Labute approximate surface area is 122 Å². The van der Waals surface area contributed by atoms with E-state index in [4.69, 9.17) is 5.84 Å². The molecule has 4 N–H and O–H groups in total. The van der Waals surface area contributed by atoms with E-state index in [9.17, 15) is 4.79 Å². The van der Waals surface area contributed by atoms with Crippen LogP contribution in [0.25, 0.3) is 0 Å². The molecular formula is C14H18N4OS. The molecule has 1 unspecified atom stereocenters. The van der Waals surface area contributed by atoms with Crippen molar-refractivity contribution >= 4 is 23.1 Å². The Hall–Kier alpha value is -1.92. The number of carbonyl (C=O) groups is 1. The van der Waals surface area contributed by atoms with Gasteiger partial charge in [-0.1, -0.05) is 19.9 Å². The lowest BCUT2D eigenvalue weighted by Gasteiger charge is -2.21. The summed E-state index contributed by atoms with van der Waals surface area (Å²) < 4.78 is 0. The van der Waals surface area contributed by atoms with E-state index in [-0.39, 0.29) is 11.9 Å². The average molecular weight is 290 g/mol. The second-order valence-corrected chi connectivity index (χ2v) is 5.77. The molecule has 106 valence electrons. The fraction of sp³-hybridized carbons (Fsp3) is 0.286. The van der Waals surface area contributed by atoms with Crippen LogP contribution in [0.1, 0.15) is 35.1 Å². The molecular weight excluding hydrogens is 272 g/mol. The molecule has 0 saturated heterocycles. The summed E-state index contributed by atoms with van der Waals surface area (Å²) in [4.78, 5) is 17.4. The standard InChI is InChI=1S/C14H18N4OS/c1-9(2)13(11-4-3-7-20-11)17-14(19)10-5-6-12(18-15)16-8-10/h3-9,13H,15H2,1-2H3,(H,16,18)(H,17,19). The Morgan fingerprint density at radius 2 is 2.15 bits per heavy atom. The number of hydrogen-bond acceptors (Lipinski definition) is 5. The van der Waals surface area contributed by atoms with E-state index < -0.39 is 0 Å². The van der Waals surface area contributed by atoms with Crippen LogP contribution < -0.4 is 16.6 Å². The summed E-state index contributed by atoms with van der Waals surface area (Å²) in [6.45, 7) is 4.18. The summed E-state index contributed by atoms with van der Waals surface area (Å²) in [7, 11) is 0. The molecule has 0 aliphatic carbocycles. The first-order chi connectivity index (χ1) is 9.61. The number of rotatable bonds is 5. The molecule has 0 spiro atoms.